The van der Waals surface area contributed by atoms with Crippen LogP contribution < -0.4 is 11.1 Å². The zero-order chi connectivity index (χ0) is 26.5. The van der Waals surface area contributed by atoms with Gasteiger partial charge in [0.25, 0.3) is 15.9 Å². The highest BCUT2D eigenvalue weighted by atomic mass is 32.2. The van der Waals surface area contributed by atoms with E-state index in [2.05, 4.69) is 15.5 Å². The summed E-state index contributed by atoms with van der Waals surface area (Å²) in [5.74, 6) is -1.89. The van der Waals surface area contributed by atoms with E-state index in [-0.39, 0.29) is 40.7 Å². The number of carbonyl (C=O) groups is 2. The predicted molar refractivity (Wildman–Crippen MR) is 138 cm³/mol. The quantitative estimate of drug-likeness (QED) is 0.153. The Morgan fingerprint density at radius 3 is 2.76 bits per heavy atom. The number of rotatable bonds is 5. The van der Waals surface area contributed by atoms with E-state index >= 15 is 0 Å². The van der Waals surface area contributed by atoms with Crippen LogP contribution in [-0.4, -0.2) is 82.4 Å². The number of sulfonamides is 1. The van der Waals surface area contributed by atoms with Crippen molar-refractivity contribution in [3.8, 4) is 0 Å². The summed E-state index contributed by atoms with van der Waals surface area (Å²) in [6, 6.07) is 5.29. The lowest BCUT2D eigenvalue weighted by atomic mass is 10.1. The van der Waals surface area contributed by atoms with Gasteiger partial charge in [0.05, 0.1) is 5.69 Å². The van der Waals surface area contributed by atoms with E-state index in [1.54, 1.807) is 18.2 Å². The molecule has 3 aromatic rings. The van der Waals surface area contributed by atoms with Gasteiger partial charge in [-0.1, -0.05) is 17.3 Å². The number of hydrogen-bond donors (Lipinski definition) is 4. The van der Waals surface area contributed by atoms with Crippen LogP contribution >= 0.6 is 22.7 Å². The summed E-state index contributed by atoms with van der Waals surface area (Å²) in [6.07, 6.45) is 0.684. The van der Waals surface area contributed by atoms with Crippen LogP contribution in [-0.2, 0) is 27.8 Å². The molecule has 0 bridgehead atoms. The Kier molecular flexibility index (Phi) is 6.66. The fraction of sp³-hybridized carbons (Fsp3) is 0.364. The van der Waals surface area contributed by atoms with Gasteiger partial charge in [-0.2, -0.15) is 4.31 Å². The van der Waals surface area contributed by atoms with Crippen molar-refractivity contribution in [2.24, 2.45) is 10.9 Å². The molecule has 1 fully saturated rings. The molecular weight excluding hydrogens is 540 g/mol. The number of aliphatic carboxylic acids is 1. The molecule has 0 aliphatic carbocycles. The van der Waals surface area contributed by atoms with Crippen molar-refractivity contribution < 1.29 is 28.3 Å². The summed E-state index contributed by atoms with van der Waals surface area (Å²) >= 11 is 2.25. The van der Waals surface area contributed by atoms with Gasteiger partial charge in [-0.25, -0.2) is 18.2 Å². The molecule has 1 saturated heterocycles. The fourth-order valence-corrected chi connectivity index (χ4v) is 8.46. The van der Waals surface area contributed by atoms with Crippen LogP contribution in [0.2, 0.25) is 0 Å². The molecule has 37 heavy (non-hydrogen) atoms. The summed E-state index contributed by atoms with van der Waals surface area (Å²) in [7, 11) is -4.03. The number of piperazine rings is 1. The molecule has 1 amide bonds. The molecule has 2 aliphatic rings. The van der Waals surface area contributed by atoms with Crippen molar-refractivity contribution in [3.63, 3.8) is 0 Å². The summed E-state index contributed by atoms with van der Waals surface area (Å²) in [4.78, 5) is 32.0. The maximum absolute atomic E-state index is 13.4. The molecule has 0 spiro atoms. The molecule has 2 atom stereocenters. The second-order valence-electron chi connectivity index (χ2n) is 8.89. The number of nitrogens with two attached hydrogens (primary N) is 1. The third-order valence-corrected chi connectivity index (χ3v) is 11.0. The zero-order valence-electron chi connectivity index (χ0n) is 19.6. The molecule has 5 rings (SSSR count). The lowest BCUT2D eigenvalue weighted by Gasteiger charge is -2.37. The van der Waals surface area contributed by atoms with Crippen LogP contribution in [0.1, 0.15) is 32.9 Å². The number of fused-ring (bicyclic) bond motifs is 2. The number of amidine groups is 1. The Hall–Kier alpha value is -3.11. The largest absolute Gasteiger partial charge is 0.480 e. The Bertz CT molecular complexity index is 1530. The number of carboxylic acids is 1. The van der Waals surface area contributed by atoms with Crippen molar-refractivity contribution in [2.75, 3.05) is 19.6 Å². The minimum atomic E-state index is -4.03. The number of hydrogen-bond acceptors (Lipinski definition) is 10. The lowest BCUT2D eigenvalue weighted by Crippen LogP contribution is -2.59. The fourth-order valence-electron chi connectivity index (χ4n) is 4.43. The highest BCUT2D eigenvalue weighted by molar-refractivity contribution is 7.91. The van der Waals surface area contributed by atoms with Crippen molar-refractivity contribution >= 4 is 60.5 Å². The first-order valence-electron chi connectivity index (χ1n) is 11.4. The van der Waals surface area contributed by atoms with E-state index < -0.39 is 27.9 Å². The molecule has 0 radical (unpaired) electrons. The Balaban J connectivity index is 1.38. The van der Waals surface area contributed by atoms with Gasteiger partial charge in [-0.15, -0.1) is 22.7 Å². The summed E-state index contributed by atoms with van der Waals surface area (Å²) in [6.45, 7) is 2.12. The van der Waals surface area contributed by atoms with E-state index in [4.69, 9.17) is 10.9 Å². The minimum Gasteiger partial charge on any atom is -0.480 e. The first-order chi connectivity index (χ1) is 17.6. The molecule has 1 aromatic carbocycles. The summed E-state index contributed by atoms with van der Waals surface area (Å²) in [5, 5.41) is 25.9. The lowest BCUT2D eigenvalue weighted by molar-refractivity contribution is -0.143. The van der Waals surface area contributed by atoms with Gasteiger partial charge in [0.15, 0.2) is 10.8 Å². The van der Waals surface area contributed by atoms with Crippen molar-refractivity contribution in [3.05, 3.63) is 45.4 Å². The Labute approximate surface area is 220 Å². The van der Waals surface area contributed by atoms with E-state index in [9.17, 15) is 23.1 Å². The van der Waals surface area contributed by atoms with E-state index in [0.29, 0.717) is 28.6 Å². The SMILES string of the molecule is CC1Cc2nc(C(=O)N3CCN(S(=O)(=O)c4cc5ccc(/C(N)=N/O)cc5s4)CC3C(=O)O)sc2CN1. The number of carbonyl (C=O) groups excluding carboxylic acids is 1. The number of carboxylic acid groups (broad SMARTS) is 1. The highest BCUT2D eigenvalue weighted by Crippen LogP contribution is 2.33. The normalized spacial score (nSPS) is 21.2. The van der Waals surface area contributed by atoms with Gasteiger partial charge in [-0.3, -0.25) is 4.79 Å². The molecular formula is C22H24N6O6S3. The highest BCUT2D eigenvalue weighted by Gasteiger charge is 2.41. The van der Waals surface area contributed by atoms with Gasteiger partial charge >= 0.3 is 5.97 Å². The molecule has 196 valence electrons. The molecule has 5 N–H and O–H groups in total. The molecule has 12 nitrogen and oxygen atoms in total. The summed E-state index contributed by atoms with van der Waals surface area (Å²) in [5.41, 5.74) is 6.91. The van der Waals surface area contributed by atoms with Gasteiger partial charge < -0.3 is 26.3 Å². The number of aromatic nitrogens is 1. The number of benzene rings is 1. The van der Waals surface area contributed by atoms with Crippen molar-refractivity contribution in [1.82, 2.24) is 19.5 Å². The third-order valence-electron chi connectivity index (χ3n) is 6.46. The smallest absolute Gasteiger partial charge is 0.327 e. The van der Waals surface area contributed by atoms with Crippen LogP contribution in [0.3, 0.4) is 0 Å². The predicted octanol–water partition coefficient (Wildman–Crippen LogP) is 1.09. The number of oxime groups is 1. The second kappa shape index (κ2) is 9.64. The standard InChI is InChI=1S/C22H24N6O6S3/c1-11-6-14-17(9-24-11)36-20(25-14)21(29)28-5-4-27(10-15(28)22(30)31)37(33,34)18-8-12-2-3-13(19(23)26-32)7-16(12)35-18/h2-3,7-8,11,15,24,32H,4-6,9-10H2,1H3,(H2,23,26)(H,30,31). The van der Waals surface area contributed by atoms with Crippen LogP contribution in [0.15, 0.2) is 33.6 Å². The van der Waals surface area contributed by atoms with E-state index in [1.807, 2.05) is 6.92 Å². The van der Waals surface area contributed by atoms with Crippen LogP contribution in [0.4, 0.5) is 0 Å². The topological polar surface area (TPSA) is 179 Å². The first-order valence-corrected chi connectivity index (χ1v) is 14.4. The maximum Gasteiger partial charge on any atom is 0.327 e. The van der Waals surface area contributed by atoms with E-state index in [1.165, 1.54) is 22.3 Å². The number of nitrogens with one attached hydrogen (secondary N) is 1. The van der Waals surface area contributed by atoms with Crippen LogP contribution in [0.5, 0.6) is 0 Å². The third kappa shape index (κ3) is 4.68. The van der Waals surface area contributed by atoms with Crippen molar-refractivity contribution in [2.45, 2.75) is 36.2 Å². The van der Waals surface area contributed by atoms with Gasteiger partial charge in [0.1, 0.15) is 10.3 Å². The Morgan fingerprint density at radius 2 is 2.03 bits per heavy atom. The number of thiazole rings is 1. The average molecular weight is 565 g/mol. The van der Waals surface area contributed by atoms with Crippen molar-refractivity contribution in [1.29, 1.82) is 0 Å². The average Bonchev–Trinajstić information content (AvgIpc) is 3.51. The molecule has 15 heteroatoms. The Morgan fingerprint density at radius 1 is 1.24 bits per heavy atom. The van der Waals surface area contributed by atoms with Crippen LogP contribution in [0.25, 0.3) is 10.1 Å². The molecule has 2 aliphatic heterocycles. The number of thiophene rings is 1. The van der Waals surface area contributed by atoms with Gasteiger partial charge in [0.2, 0.25) is 0 Å². The van der Waals surface area contributed by atoms with Gasteiger partial charge in [-0.05, 0) is 24.4 Å². The summed E-state index contributed by atoms with van der Waals surface area (Å²) < 4.78 is 28.6. The number of nitrogens with zero attached hydrogens (tertiary/aromatic N) is 4. The molecule has 0 saturated carbocycles. The molecule has 2 aromatic heterocycles. The van der Waals surface area contributed by atoms with E-state index in [0.717, 1.165) is 26.2 Å². The van der Waals surface area contributed by atoms with Crippen LogP contribution in [0, 0.1) is 0 Å². The zero-order valence-corrected chi connectivity index (χ0v) is 22.1. The number of amides is 1. The second-order valence-corrected chi connectivity index (χ2v) is 13.2. The van der Waals surface area contributed by atoms with Gasteiger partial charge in [0, 0.05) is 53.8 Å². The maximum atomic E-state index is 13.4. The minimum absolute atomic E-state index is 0.0392. The first kappa shape index (κ1) is 25.5. The monoisotopic (exact) mass is 564 g/mol. The molecule has 2 unspecified atom stereocenters. The molecule has 4 heterocycles.